The van der Waals surface area contributed by atoms with E-state index in [1.165, 1.54) is 21.6 Å². The summed E-state index contributed by atoms with van der Waals surface area (Å²) in [5.41, 5.74) is 0. The number of nitrogens with zero attached hydrogens (tertiary/aromatic N) is 2. The molecule has 0 saturated heterocycles. The van der Waals surface area contributed by atoms with Gasteiger partial charge in [-0.1, -0.05) is 21.6 Å². The average Bonchev–Trinajstić information content (AvgIpc) is 2.17. The van der Waals surface area contributed by atoms with Gasteiger partial charge in [0.2, 0.25) is 0 Å². The second kappa shape index (κ2) is 7.53. The zero-order chi connectivity index (χ0) is 16.1. The molecule has 0 rings (SSSR count). The van der Waals surface area contributed by atoms with Gasteiger partial charge in [-0.25, -0.2) is 0 Å². The summed E-state index contributed by atoms with van der Waals surface area (Å²) in [7, 11) is 13.5. The molecule has 0 amide bonds. The van der Waals surface area contributed by atoms with Crippen LogP contribution in [0.4, 0.5) is 0 Å². The van der Waals surface area contributed by atoms with Crippen LogP contribution in [-0.2, 0) is 9.59 Å². The van der Waals surface area contributed by atoms with E-state index in [0.717, 1.165) is 0 Å². The molecular formula is C12H24N2O4S2. The molecule has 8 heteroatoms. The SMILES string of the molecule is C[N+](C)(C)C(CSSCC(C(=O)[O-])[N+](C)(C)C)C(=O)[O-]. The number of carboxylic acids is 2. The highest BCUT2D eigenvalue weighted by atomic mass is 33.1. The second-order valence-corrected chi connectivity index (χ2v) is 9.02. The van der Waals surface area contributed by atoms with E-state index >= 15 is 0 Å². The quantitative estimate of drug-likeness (QED) is 0.278. The molecule has 0 aromatic heterocycles. The molecule has 0 aromatic rings. The second-order valence-electron chi connectivity index (χ2n) is 6.47. The van der Waals surface area contributed by atoms with Crippen LogP contribution >= 0.6 is 21.6 Å². The number of carboxylic acid groups (broad SMARTS) is 2. The van der Waals surface area contributed by atoms with Crippen molar-refractivity contribution in [1.82, 2.24) is 0 Å². The van der Waals surface area contributed by atoms with Crippen molar-refractivity contribution in [3.8, 4) is 0 Å². The molecule has 0 radical (unpaired) electrons. The molecule has 118 valence electrons. The molecule has 0 heterocycles. The highest BCUT2D eigenvalue weighted by Gasteiger charge is 2.27. The van der Waals surface area contributed by atoms with Crippen LogP contribution in [0.1, 0.15) is 0 Å². The largest absolute Gasteiger partial charge is 0.544 e. The molecule has 0 spiro atoms. The van der Waals surface area contributed by atoms with Crippen molar-refractivity contribution >= 4 is 33.5 Å². The highest BCUT2D eigenvalue weighted by Crippen LogP contribution is 2.26. The Bertz CT molecular complexity index is 316. The molecule has 0 bridgehead atoms. The number of hydrogen-bond acceptors (Lipinski definition) is 6. The summed E-state index contributed by atoms with van der Waals surface area (Å²) in [6.45, 7) is 0. The van der Waals surface area contributed by atoms with Crippen LogP contribution in [0.25, 0.3) is 0 Å². The van der Waals surface area contributed by atoms with E-state index in [-0.39, 0.29) is 8.97 Å². The molecule has 0 saturated carbocycles. The molecule has 0 aliphatic carbocycles. The predicted molar refractivity (Wildman–Crippen MR) is 78.6 cm³/mol. The summed E-state index contributed by atoms with van der Waals surface area (Å²) in [6, 6.07) is -1.25. The molecule has 0 aliphatic rings. The lowest BCUT2D eigenvalue weighted by molar-refractivity contribution is -0.886. The number of aliphatic carboxylic acids is 2. The predicted octanol–water partition coefficient (Wildman–Crippen LogP) is -1.98. The Labute approximate surface area is 128 Å². The first-order chi connectivity index (χ1) is 8.87. The Balaban J connectivity index is 4.37. The maximum atomic E-state index is 11.1. The van der Waals surface area contributed by atoms with Crippen LogP contribution in [-0.4, -0.2) is 86.8 Å². The van der Waals surface area contributed by atoms with Gasteiger partial charge in [-0.05, 0) is 0 Å². The Kier molecular flexibility index (Phi) is 7.37. The van der Waals surface area contributed by atoms with Crippen molar-refractivity contribution in [2.45, 2.75) is 12.1 Å². The van der Waals surface area contributed by atoms with Crippen molar-refractivity contribution in [3.63, 3.8) is 0 Å². The van der Waals surface area contributed by atoms with E-state index in [4.69, 9.17) is 0 Å². The number of carbonyl (C=O) groups is 2. The monoisotopic (exact) mass is 324 g/mol. The third-order valence-electron chi connectivity index (χ3n) is 2.95. The molecule has 2 atom stereocenters. The molecular weight excluding hydrogens is 300 g/mol. The third kappa shape index (κ3) is 6.83. The van der Waals surface area contributed by atoms with E-state index in [1.54, 1.807) is 42.3 Å². The van der Waals surface area contributed by atoms with Gasteiger partial charge in [-0.3, -0.25) is 0 Å². The maximum absolute atomic E-state index is 11.1. The normalized spacial score (nSPS) is 15.7. The van der Waals surface area contributed by atoms with Crippen LogP contribution < -0.4 is 10.2 Å². The van der Waals surface area contributed by atoms with Crippen LogP contribution in [0.3, 0.4) is 0 Å². The summed E-state index contributed by atoms with van der Waals surface area (Å²) in [5, 5.41) is 22.2. The van der Waals surface area contributed by atoms with Gasteiger partial charge in [0, 0.05) is 0 Å². The number of hydrogen-bond donors (Lipinski definition) is 0. The Morgan fingerprint density at radius 1 is 0.800 bits per heavy atom. The van der Waals surface area contributed by atoms with Crippen LogP contribution in [0.5, 0.6) is 0 Å². The first kappa shape index (κ1) is 19.6. The van der Waals surface area contributed by atoms with Gasteiger partial charge in [0.25, 0.3) is 0 Å². The molecule has 0 N–H and O–H groups in total. The summed E-state index contributed by atoms with van der Waals surface area (Å²) >= 11 is 0. The minimum absolute atomic E-state index is 0.273. The van der Waals surface area contributed by atoms with Crippen molar-refractivity contribution in [2.24, 2.45) is 0 Å². The van der Waals surface area contributed by atoms with Crippen LogP contribution in [0, 0.1) is 0 Å². The topological polar surface area (TPSA) is 80.3 Å². The van der Waals surface area contributed by atoms with Crippen molar-refractivity contribution in [2.75, 3.05) is 53.8 Å². The highest BCUT2D eigenvalue weighted by molar-refractivity contribution is 8.76. The smallest absolute Gasteiger partial charge is 0.138 e. The average molecular weight is 324 g/mol. The Morgan fingerprint density at radius 3 is 1.20 bits per heavy atom. The minimum Gasteiger partial charge on any atom is -0.544 e. The van der Waals surface area contributed by atoms with Crippen molar-refractivity contribution in [1.29, 1.82) is 0 Å². The van der Waals surface area contributed by atoms with Gasteiger partial charge < -0.3 is 28.8 Å². The Hall–Kier alpha value is -0.440. The number of likely N-dealkylation sites (N-methyl/N-ethyl adjacent to an activating group) is 2. The van der Waals surface area contributed by atoms with Crippen LogP contribution in [0.2, 0.25) is 0 Å². The Morgan fingerprint density at radius 2 is 1.05 bits per heavy atom. The molecule has 0 aliphatic heterocycles. The molecule has 20 heavy (non-hydrogen) atoms. The molecule has 0 fully saturated rings. The van der Waals surface area contributed by atoms with E-state index in [2.05, 4.69) is 0 Å². The van der Waals surface area contributed by atoms with E-state index < -0.39 is 24.0 Å². The van der Waals surface area contributed by atoms with Gasteiger partial charge in [0.15, 0.2) is 0 Å². The lowest BCUT2D eigenvalue weighted by atomic mass is 10.3. The molecule has 0 aromatic carbocycles. The standard InChI is InChI=1S/C12H24N2O4S2/c1-13(2,3)9(11(15)16)7-19-20-8-10(12(17)18)14(4,5)6/h9-10H,7-8H2,1-6H3. The van der Waals surface area contributed by atoms with Crippen molar-refractivity contribution < 1.29 is 28.8 Å². The zero-order valence-corrected chi connectivity index (χ0v) is 14.5. The van der Waals surface area contributed by atoms with Gasteiger partial charge in [-0.2, -0.15) is 0 Å². The fourth-order valence-electron chi connectivity index (χ4n) is 1.44. The minimum atomic E-state index is -1.09. The fraction of sp³-hybridized carbons (Fsp3) is 0.833. The van der Waals surface area contributed by atoms with Crippen LogP contribution in [0.15, 0.2) is 0 Å². The van der Waals surface area contributed by atoms with Gasteiger partial charge in [0.1, 0.15) is 24.0 Å². The summed E-state index contributed by atoms with van der Waals surface area (Å²) in [6.07, 6.45) is 0. The van der Waals surface area contributed by atoms with Gasteiger partial charge in [-0.15, -0.1) is 0 Å². The number of quaternary nitrogens is 2. The summed E-state index contributed by atoms with van der Waals surface area (Å²) in [5.74, 6) is -1.44. The first-order valence-electron chi connectivity index (χ1n) is 6.15. The lowest BCUT2D eigenvalue weighted by Gasteiger charge is -2.35. The zero-order valence-electron chi connectivity index (χ0n) is 12.9. The summed E-state index contributed by atoms with van der Waals surface area (Å²) in [4.78, 5) is 22.2. The number of rotatable bonds is 9. The third-order valence-corrected chi connectivity index (χ3v) is 5.34. The fourth-order valence-corrected chi connectivity index (χ4v) is 4.41. The molecule has 2 unspecified atom stereocenters. The van der Waals surface area contributed by atoms with Gasteiger partial charge in [0.05, 0.1) is 53.8 Å². The maximum Gasteiger partial charge on any atom is 0.138 e. The summed E-state index contributed by atoms with van der Waals surface area (Å²) < 4.78 is 0.546. The van der Waals surface area contributed by atoms with E-state index in [0.29, 0.717) is 11.5 Å². The molecule has 6 nitrogen and oxygen atoms in total. The van der Waals surface area contributed by atoms with E-state index in [1.807, 2.05) is 0 Å². The van der Waals surface area contributed by atoms with Crippen molar-refractivity contribution in [3.05, 3.63) is 0 Å². The van der Waals surface area contributed by atoms with E-state index in [9.17, 15) is 19.8 Å². The lowest BCUT2D eigenvalue weighted by Crippen LogP contribution is -2.56. The number of carbonyl (C=O) groups excluding carboxylic acids is 2. The van der Waals surface area contributed by atoms with Gasteiger partial charge >= 0.3 is 0 Å². The first-order valence-corrected chi connectivity index (χ1v) is 8.64.